The molecule has 170 valence electrons. The molecule has 4 nitrogen and oxygen atoms in total. The second-order valence-electron chi connectivity index (χ2n) is 10.1. The Bertz CT molecular complexity index is 911. The monoisotopic (exact) mass is 450 g/mol. The van der Waals surface area contributed by atoms with Gasteiger partial charge in [0.2, 0.25) is 6.29 Å². The molecule has 0 saturated heterocycles. The van der Waals surface area contributed by atoms with E-state index >= 15 is 0 Å². The first-order valence-electron chi connectivity index (χ1n) is 11.5. The van der Waals surface area contributed by atoms with Crippen LogP contribution in [0.2, 0.25) is 5.04 Å². The van der Waals surface area contributed by atoms with Crippen LogP contribution in [-0.2, 0) is 18.7 Å². The highest BCUT2D eigenvalue weighted by atomic mass is 28.4. The molecule has 1 aliphatic heterocycles. The summed E-state index contributed by atoms with van der Waals surface area (Å²) in [5, 5.41) is 2.48. The zero-order valence-electron chi connectivity index (χ0n) is 19.7. The Labute approximate surface area is 192 Å². The number of rotatable bonds is 5. The lowest BCUT2D eigenvalue weighted by Gasteiger charge is -2.46. The van der Waals surface area contributed by atoms with Crippen LogP contribution in [0.1, 0.15) is 41.0 Å². The molecule has 0 aromatic heterocycles. The van der Waals surface area contributed by atoms with Crippen LogP contribution in [0.3, 0.4) is 0 Å². The van der Waals surface area contributed by atoms with E-state index in [0.717, 1.165) is 6.42 Å². The van der Waals surface area contributed by atoms with Gasteiger partial charge in [0.15, 0.2) is 0 Å². The Morgan fingerprint density at radius 2 is 1.56 bits per heavy atom. The van der Waals surface area contributed by atoms with E-state index in [0.29, 0.717) is 5.92 Å². The lowest BCUT2D eigenvalue weighted by atomic mass is 9.88. The van der Waals surface area contributed by atoms with E-state index in [1.807, 2.05) is 0 Å². The maximum Gasteiger partial charge on any atom is 0.305 e. The van der Waals surface area contributed by atoms with Crippen LogP contribution in [0, 0.1) is 17.8 Å². The number of ether oxygens (including phenoxy) is 2. The summed E-state index contributed by atoms with van der Waals surface area (Å²) in [6.45, 7) is 10.6. The summed E-state index contributed by atoms with van der Waals surface area (Å²) in [7, 11) is -2.66. The lowest BCUT2D eigenvalue weighted by molar-refractivity contribution is -0.185. The van der Waals surface area contributed by atoms with Crippen molar-refractivity contribution in [2.24, 2.45) is 17.8 Å². The van der Waals surface area contributed by atoms with Crippen LogP contribution >= 0.6 is 0 Å². The van der Waals surface area contributed by atoms with E-state index in [9.17, 15) is 4.79 Å². The normalized spacial score (nSPS) is 27.5. The van der Waals surface area contributed by atoms with Gasteiger partial charge in [-0.05, 0) is 33.8 Å². The number of hydrogen-bond donors (Lipinski definition) is 0. The Kier molecular flexibility index (Phi) is 6.32. The van der Waals surface area contributed by atoms with Crippen molar-refractivity contribution in [2.75, 3.05) is 0 Å². The summed E-state index contributed by atoms with van der Waals surface area (Å²) in [6, 6.07) is 21.5. The van der Waals surface area contributed by atoms with Gasteiger partial charge in [-0.3, -0.25) is 4.79 Å². The van der Waals surface area contributed by atoms with Gasteiger partial charge in [-0.25, -0.2) is 0 Å². The topological polar surface area (TPSA) is 44.8 Å². The van der Waals surface area contributed by atoms with E-state index in [2.05, 4.69) is 94.4 Å². The Balaban J connectivity index is 1.78. The maximum atomic E-state index is 11.7. The predicted octanol–water partition coefficient (Wildman–Crippen LogP) is 4.64. The molecule has 1 aliphatic carbocycles. The smallest absolute Gasteiger partial charge is 0.305 e. The van der Waals surface area contributed by atoms with Gasteiger partial charge in [-0.15, -0.1) is 0 Å². The number of benzene rings is 2. The molecule has 0 N–H and O–H groups in total. The number of carbonyl (C=O) groups excluding carboxylic acids is 1. The highest BCUT2D eigenvalue weighted by Gasteiger charge is 2.56. The van der Waals surface area contributed by atoms with Gasteiger partial charge < -0.3 is 13.9 Å². The van der Waals surface area contributed by atoms with Gasteiger partial charge in [0.25, 0.3) is 8.32 Å². The highest BCUT2D eigenvalue weighted by molar-refractivity contribution is 6.99. The second kappa shape index (κ2) is 8.87. The van der Waals surface area contributed by atoms with Crippen molar-refractivity contribution in [3.05, 3.63) is 73.0 Å². The van der Waals surface area contributed by atoms with E-state index < -0.39 is 14.6 Å². The number of hydrogen-bond acceptors (Lipinski definition) is 4. The van der Waals surface area contributed by atoms with E-state index in [1.165, 1.54) is 17.3 Å². The van der Waals surface area contributed by atoms with Crippen LogP contribution in [0.4, 0.5) is 0 Å². The third-order valence-corrected chi connectivity index (χ3v) is 12.1. The largest absolute Gasteiger partial charge is 0.462 e. The van der Waals surface area contributed by atoms with Crippen molar-refractivity contribution in [1.29, 1.82) is 0 Å². The molecule has 2 aliphatic rings. The summed E-state index contributed by atoms with van der Waals surface area (Å²) < 4.78 is 18.7. The van der Waals surface area contributed by atoms with Crippen molar-refractivity contribution in [3.8, 4) is 0 Å². The van der Waals surface area contributed by atoms with Crippen molar-refractivity contribution in [1.82, 2.24) is 0 Å². The quantitative estimate of drug-likeness (QED) is 0.492. The predicted molar refractivity (Wildman–Crippen MR) is 129 cm³/mol. The fraction of sp³-hybridized carbons (Fsp3) is 0.444. The minimum absolute atomic E-state index is 0.0273. The molecule has 0 spiro atoms. The standard InChI is InChI=1S/C27H34O4Si/c1-19-18-24(23-16-17-29-26(25(19)23)30-20(2)28)31-32(27(3,4)5,21-12-8-6-9-13-21)22-14-10-7-11-15-22/h6-17,19,23-26H,18H2,1-5H3/t19-,23-,24-,25+,26-/m1/s1. The summed E-state index contributed by atoms with van der Waals surface area (Å²) in [4.78, 5) is 11.7. The first-order chi connectivity index (χ1) is 15.2. The molecule has 32 heavy (non-hydrogen) atoms. The lowest BCUT2D eigenvalue weighted by Crippen LogP contribution is -2.68. The van der Waals surface area contributed by atoms with E-state index in [4.69, 9.17) is 13.9 Å². The second-order valence-corrected chi connectivity index (χ2v) is 14.4. The average molecular weight is 451 g/mol. The summed E-state index contributed by atoms with van der Waals surface area (Å²) in [5.41, 5.74) is 0. The molecule has 0 radical (unpaired) electrons. The third kappa shape index (κ3) is 4.04. The molecule has 1 heterocycles. The Morgan fingerprint density at radius 1 is 1.00 bits per heavy atom. The highest BCUT2D eigenvalue weighted by Crippen LogP contribution is 2.48. The average Bonchev–Trinajstić information content (AvgIpc) is 3.08. The number of esters is 1. The minimum atomic E-state index is -2.66. The third-order valence-electron chi connectivity index (χ3n) is 6.99. The summed E-state index contributed by atoms with van der Waals surface area (Å²) in [6.07, 6.45) is 4.18. The first kappa shape index (κ1) is 22.8. The molecule has 0 bridgehead atoms. The molecular formula is C27H34O4Si. The van der Waals surface area contributed by atoms with Crippen LogP contribution in [0.15, 0.2) is 73.0 Å². The molecule has 2 aromatic rings. The van der Waals surface area contributed by atoms with Gasteiger partial charge in [0.05, 0.1) is 12.4 Å². The van der Waals surface area contributed by atoms with Crippen LogP contribution in [0.5, 0.6) is 0 Å². The zero-order chi connectivity index (χ0) is 22.9. The molecular weight excluding hydrogens is 416 g/mol. The van der Waals surface area contributed by atoms with Crippen molar-refractivity contribution >= 4 is 24.7 Å². The molecule has 1 fully saturated rings. The van der Waals surface area contributed by atoms with Crippen LogP contribution < -0.4 is 10.4 Å². The maximum absolute atomic E-state index is 11.7. The fourth-order valence-corrected chi connectivity index (χ4v) is 10.4. The van der Waals surface area contributed by atoms with Crippen LogP contribution in [-0.4, -0.2) is 26.7 Å². The fourth-order valence-electron chi connectivity index (χ4n) is 5.63. The van der Waals surface area contributed by atoms with Gasteiger partial charge in [-0.2, -0.15) is 0 Å². The van der Waals surface area contributed by atoms with Crippen molar-refractivity contribution < 1.29 is 18.7 Å². The summed E-state index contributed by atoms with van der Waals surface area (Å²) >= 11 is 0. The molecule has 1 saturated carbocycles. The Hall–Kier alpha value is -2.37. The number of fused-ring (bicyclic) bond motifs is 1. The van der Waals surface area contributed by atoms with Crippen LogP contribution in [0.25, 0.3) is 0 Å². The van der Waals surface area contributed by atoms with Gasteiger partial charge in [0.1, 0.15) is 0 Å². The Morgan fingerprint density at radius 3 is 2.06 bits per heavy atom. The van der Waals surface area contributed by atoms with Crippen molar-refractivity contribution in [2.45, 2.75) is 58.5 Å². The molecule has 4 rings (SSSR count). The number of carbonyl (C=O) groups is 1. The summed E-state index contributed by atoms with van der Waals surface area (Å²) in [5.74, 6) is 0.238. The SMILES string of the molecule is CC(=O)O[C@H]1OC=C[C@H]2[C@@H]1[C@H](C)C[C@H]2O[Si](c1ccccc1)(c1ccccc1)C(C)(C)C. The minimum Gasteiger partial charge on any atom is -0.462 e. The van der Waals surface area contributed by atoms with Gasteiger partial charge in [0, 0.05) is 18.8 Å². The van der Waals surface area contributed by atoms with E-state index in [-0.39, 0.29) is 28.9 Å². The zero-order valence-corrected chi connectivity index (χ0v) is 20.7. The van der Waals surface area contributed by atoms with Gasteiger partial charge >= 0.3 is 5.97 Å². The molecule has 0 unspecified atom stereocenters. The van der Waals surface area contributed by atoms with Gasteiger partial charge in [-0.1, -0.05) is 88.4 Å². The molecule has 0 amide bonds. The molecule has 2 aromatic carbocycles. The van der Waals surface area contributed by atoms with E-state index in [1.54, 1.807) is 6.26 Å². The first-order valence-corrected chi connectivity index (χ1v) is 13.4. The molecule has 5 heteroatoms. The molecule has 5 atom stereocenters. The van der Waals surface area contributed by atoms with Crippen molar-refractivity contribution in [3.63, 3.8) is 0 Å².